The van der Waals surface area contributed by atoms with Gasteiger partial charge in [0.05, 0.1) is 5.92 Å². The Morgan fingerprint density at radius 2 is 2.28 bits per heavy atom. The molecule has 1 heterocycles. The van der Waals surface area contributed by atoms with Crippen LogP contribution in [0.5, 0.6) is 0 Å². The van der Waals surface area contributed by atoms with E-state index in [1.165, 1.54) is 0 Å². The van der Waals surface area contributed by atoms with Gasteiger partial charge in [0.15, 0.2) is 0 Å². The molecular formula is C12H22N2O3S. The summed E-state index contributed by atoms with van der Waals surface area (Å²) in [4.78, 5) is 24.5. The molecule has 0 aromatic heterocycles. The minimum absolute atomic E-state index is 0.118. The first-order valence-corrected chi connectivity index (χ1v) is 7.56. The van der Waals surface area contributed by atoms with Crippen molar-refractivity contribution in [3.63, 3.8) is 0 Å². The minimum Gasteiger partial charge on any atom is -0.481 e. The first-order valence-electron chi connectivity index (χ1n) is 6.40. The van der Waals surface area contributed by atoms with Crippen LogP contribution in [0.4, 0.5) is 4.79 Å². The summed E-state index contributed by atoms with van der Waals surface area (Å²) in [5, 5.41) is 11.9. The number of carbonyl (C=O) groups excluding carboxylic acids is 1. The lowest BCUT2D eigenvalue weighted by atomic mass is 9.99. The molecule has 104 valence electrons. The molecule has 5 nitrogen and oxygen atoms in total. The first kappa shape index (κ1) is 15.1. The second kappa shape index (κ2) is 7.51. The van der Waals surface area contributed by atoms with E-state index in [4.69, 9.17) is 5.11 Å². The van der Waals surface area contributed by atoms with Gasteiger partial charge in [0, 0.05) is 24.9 Å². The van der Waals surface area contributed by atoms with Crippen molar-refractivity contribution in [3.8, 4) is 0 Å². The SMILES string of the molecule is CCSCC(C)NC(=O)N1CCC[C@@H](C(=O)O)C1. The van der Waals surface area contributed by atoms with Gasteiger partial charge >= 0.3 is 12.0 Å². The molecule has 2 amide bonds. The van der Waals surface area contributed by atoms with Crippen LogP contribution in [0.3, 0.4) is 0 Å². The molecule has 1 aliphatic heterocycles. The van der Waals surface area contributed by atoms with E-state index in [2.05, 4.69) is 12.2 Å². The number of carbonyl (C=O) groups is 2. The summed E-state index contributed by atoms with van der Waals surface area (Å²) in [7, 11) is 0. The average molecular weight is 274 g/mol. The van der Waals surface area contributed by atoms with Gasteiger partial charge in [0.1, 0.15) is 0 Å². The maximum Gasteiger partial charge on any atom is 0.317 e. The highest BCUT2D eigenvalue weighted by Crippen LogP contribution is 2.16. The number of piperidine rings is 1. The van der Waals surface area contributed by atoms with Crippen molar-refractivity contribution in [2.24, 2.45) is 5.92 Å². The van der Waals surface area contributed by atoms with Crippen molar-refractivity contribution in [2.45, 2.75) is 32.7 Å². The van der Waals surface area contributed by atoms with Gasteiger partial charge in [-0.3, -0.25) is 4.79 Å². The Balaban J connectivity index is 2.38. The van der Waals surface area contributed by atoms with Crippen LogP contribution < -0.4 is 5.32 Å². The van der Waals surface area contributed by atoms with Crippen molar-refractivity contribution in [1.82, 2.24) is 10.2 Å². The molecule has 1 fully saturated rings. The van der Waals surface area contributed by atoms with Crippen LogP contribution in [0, 0.1) is 5.92 Å². The Hall–Kier alpha value is -0.910. The van der Waals surface area contributed by atoms with Gasteiger partial charge in [-0.05, 0) is 25.5 Å². The number of likely N-dealkylation sites (tertiary alicyclic amines) is 1. The Morgan fingerprint density at radius 3 is 2.89 bits per heavy atom. The number of hydrogen-bond acceptors (Lipinski definition) is 3. The molecule has 0 aromatic carbocycles. The highest BCUT2D eigenvalue weighted by molar-refractivity contribution is 7.99. The number of nitrogens with zero attached hydrogens (tertiary/aromatic N) is 1. The van der Waals surface area contributed by atoms with Crippen molar-refractivity contribution < 1.29 is 14.7 Å². The van der Waals surface area contributed by atoms with E-state index >= 15 is 0 Å². The molecule has 0 aromatic rings. The maximum atomic E-state index is 12.0. The van der Waals surface area contributed by atoms with E-state index in [0.717, 1.165) is 17.9 Å². The van der Waals surface area contributed by atoms with Gasteiger partial charge < -0.3 is 15.3 Å². The summed E-state index contributed by atoms with van der Waals surface area (Å²) < 4.78 is 0. The number of amides is 2. The topological polar surface area (TPSA) is 69.6 Å². The van der Waals surface area contributed by atoms with Gasteiger partial charge in [-0.25, -0.2) is 4.79 Å². The van der Waals surface area contributed by atoms with Gasteiger partial charge in [-0.1, -0.05) is 6.92 Å². The van der Waals surface area contributed by atoms with E-state index < -0.39 is 11.9 Å². The first-order chi connectivity index (χ1) is 8.54. The quantitative estimate of drug-likeness (QED) is 0.799. The van der Waals surface area contributed by atoms with Crippen LogP contribution in [0.15, 0.2) is 0 Å². The number of hydrogen-bond donors (Lipinski definition) is 2. The number of aliphatic carboxylic acids is 1. The number of carboxylic acids is 1. The molecule has 2 atom stereocenters. The lowest BCUT2D eigenvalue weighted by Gasteiger charge is -2.31. The predicted octanol–water partition coefficient (Wildman–Crippen LogP) is 1.63. The standard InChI is InChI=1S/C12H22N2O3S/c1-3-18-8-9(2)13-12(17)14-6-4-5-10(7-14)11(15)16/h9-10H,3-8H2,1-2H3,(H,13,17)(H,15,16)/t9?,10-/m1/s1. The second-order valence-corrected chi connectivity index (χ2v) is 5.95. The summed E-state index contributed by atoms with van der Waals surface area (Å²) in [6.45, 7) is 5.04. The molecule has 0 bridgehead atoms. The van der Waals surface area contributed by atoms with E-state index in [1.807, 2.05) is 6.92 Å². The van der Waals surface area contributed by atoms with E-state index in [1.54, 1.807) is 16.7 Å². The molecule has 0 aliphatic carbocycles. The largest absolute Gasteiger partial charge is 0.481 e. The fraction of sp³-hybridized carbons (Fsp3) is 0.833. The van der Waals surface area contributed by atoms with Crippen LogP contribution in [-0.2, 0) is 4.79 Å². The third-order valence-corrected chi connectivity index (χ3v) is 4.14. The van der Waals surface area contributed by atoms with Crippen LogP contribution in [0.25, 0.3) is 0 Å². The zero-order valence-corrected chi connectivity index (χ0v) is 11.8. The average Bonchev–Trinajstić information content (AvgIpc) is 2.36. The van der Waals surface area contributed by atoms with E-state index in [0.29, 0.717) is 19.5 Å². The zero-order valence-electron chi connectivity index (χ0n) is 11.0. The summed E-state index contributed by atoms with van der Waals surface area (Å²) in [5.41, 5.74) is 0. The molecular weight excluding hydrogens is 252 g/mol. The van der Waals surface area contributed by atoms with Gasteiger partial charge in [-0.15, -0.1) is 0 Å². The summed E-state index contributed by atoms with van der Waals surface area (Å²) in [6, 6.07) is -0.0159. The zero-order chi connectivity index (χ0) is 13.5. The Bertz CT molecular complexity index is 299. The minimum atomic E-state index is -0.804. The van der Waals surface area contributed by atoms with E-state index in [-0.39, 0.29) is 12.1 Å². The third kappa shape index (κ3) is 4.76. The molecule has 0 radical (unpaired) electrons. The fourth-order valence-electron chi connectivity index (χ4n) is 2.00. The number of nitrogens with one attached hydrogen (secondary N) is 1. The highest BCUT2D eigenvalue weighted by atomic mass is 32.2. The summed E-state index contributed by atoms with van der Waals surface area (Å²) in [6.07, 6.45) is 1.43. The third-order valence-electron chi connectivity index (χ3n) is 3.00. The number of rotatable bonds is 5. The van der Waals surface area contributed by atoms with Gasteiger partial charge in [0.2, 0.25) is 0 Å². The molecule has 1 rings (SSSR count). The Labute approximate surface area is 112 Å². The van der Waals surface area contributed by atoms with Gasteiger partial charge in [0.25, 0.3) is 0 Å². The Kier molecular flexibility index (Phi) is 6.32. The molecule has 1 unspecified atom stereocenters. The van der Waals surface area contributed by atoms with Crippen LogP contribution in [0.2, 0.25) is 0 Å². The van der Waals surface area contributed by atoms with Crippen molar-refractivity contribution in [3.05, 3.63) is 0 Å². The highest BCUT2D eigenvalue weighted by Gasteiger charge is 2.28. The summed E-state index contributed by atoms with van der Waals surface area (Å²) >= 11 is 1.78. The molecule has 0 spiro atoms. The molecule has 18 heavy (non-hydrogen) atoms. The smallest absolute Gasteiger partial charge is 0.317 e. The van der Waals surface area contributed by atoms with Crippen LogP contribution in [-0.4, -0.2) is 52.6 Å². The Morgan fingerprint density at radius 1 is 1.56 bits per heavy atom. The molecule has 1 aliphatic rings. The molecule has 0 saturated carbocycles. The fourth-order valence-corrected chi connectivity index (χ4v) is 2.67. The van der Waals surface area contributed by atoms with Gasteiger partial charge in [-0.2, -0.15) is 11.8 Å². The van der Waals surface area contributed by atoms with Crippen LogP contribution in [0.1, 0.15) is 26.7 Å². The lowest BCUT2D eigenvalue weighted by molar-refractivity contribution is -0.143. The monoisotopic (exact) mass is 274 g/mol. The maximum absolute atomic E-state index is 12.0. The molecule has 2 N–H and O–H groups in total. The number of thioether (sulfide) groups is 1. The predicted molar refractivity (Wildman–Crippen MR) is 72.9 cm³/mol. The number of urea groups is 1. The second-order valence-electron chi connectivity index (χ2n) is 4.63. The number of carboxylic acid groups (broad SMARTS) is 1. The molecule has 6 heteroatoms. The van der Waals surface area contributed by atoms with E-state index in [9.17, 15) is 9.59 Å². The van der Waals surface area contributed by atoms with Crippen molar-refractivity contribution in [2.75, 3.05) is 24.6 Å². The van der Waals surface area contributed by atoms with Crippen LogP contribution >= 0.6 is 11.8 Å². The summed E-state index contributed by atoms with van der Waals surface area (Å²) in [5.74, 6) is 0.704. The van der Waals surface area contributed by atoms with Crippen molar-refractivity contribution >= 4 is 23.8 Å². The normalized spacial score (nSPS) is 21.4. The molecule has 1 saturated heterocycles. The lowest BCUT2D eigenvalue weighted by Crippen LogP contribution is -2.49. The van der Waals surface area contributed by atoms with Crippen molar-refractivity contribution in [1.29, 1.82) is 0 Å².